The van der Waals surface area contributed by atoms with Gasteiger partial charge < -0.3 is 4.74 Å². The molecule has 1 aromatic carbocycles. The number of aromatic nitrogens is 4. The van der Waals surface area contributed by atoms with Gasteiger partial charge in [-0.3, -0.25) is 4.90 Å². The van der Waals surface area contributed by atoms with E-state index in [9.17, 15) is 0 Å². The highest BCUT2D eigenvalue weighted by Crippen LogP contribution is 2.42. The topological polar surface area (TPSA) is 56.1 Å². The maximum absolute atomic E-state index is 6.25. The number of tetrazole rings is 1. The van der Waals surface area contributed by atoms with Crippen LogP contribution in [0, 0.1) is 6.92 Å². The summed E-state index contributed by atoms with van der Waals surface area (Å²) in [6.07, 6.45) is 5.88. The van der Waals surface area contributed by atoms with Crippen molar-refractivity contribution in [2.24, 2.45) is 0 Å². The van der Waals surface area contributed by atoms with E-state index in [0.29, 0.717) is 5.02 Å². The lowest BCUT2D eigenvalue weighted by molar-refractivity contribution is -0.0451. The number of hydrogen-bond donors (Lipinski definition) is 0. The summed E-state index contributed by atoms with van der Waals surface area (Å²) in [5.74, 6) is 0.944. The number of ether oxygens (including phenoxy) is 1. The van der Waals surface area contributed by atoms with Crippen molar-refractivity contribution in [1.82, 2.24) is 25.1 Å². The van der Waals surface area contributed by atoms with Gasteiger partial charge in [-0.2, -0.15) is 4.68 Å². The highest BCUT2D eigenvalue weighted by molar-refractivity contribution is 6.30. The largest absolute Gasteiger partial charge is 0.379 e. The van der Waals surface area contributed by atoms with E-state index in [1.807, 2.05) is 22.9 Å². The quantitative estimate of drug-likeness (QED) is 0.840. The Morgan fingerprint density at radius 3 is 2.64 bits per heavy atom. The van der Waals surface area contributed by atoms with Gasteiger partial charge in [0.05, 0.1) is 24.4 Å². The van der Waals surface area contributed by atoms with Crippen molar-refractivity contribution in [3.63, 3.8) is 0 Å². The molecular weight excluding hydrogens is 338 g/mol. The Morgan fingerprint density at radius 1 is 1.12 bits per heavy atom. The monoisotopic (exact) mass is 361 g/mol. The van der Waals surface area contributed by atoms with E-state index in [-0.39, 0.29) is 5.54 Å². The smallest absolute Gasteiger partial charge is 0.176 e. The summed E-state index contributed by atoms with van der Waals surface area (Å²) in [5, 5.41) is 13.6. The minimum absolute atomic E-state index is 0.111. The van der Waals surface area contributed by atoms with Gasteiger partial charge in [-0.25, -0.2) is 0 Å². The van der Waals surface area contributed by atoms with Crippen molar-refractivity contribution < 1.29 is 4.74 Å². The van der Waals surface area contributed by atoms with E-state index in [1.54, 1.807) is 0 Å². The summed E-state index contributed by atoms with van der Waals surface area (Å²) >= 11 is 6.25. The average Bonchev–Trinajstić information content (AvgIpc) is 3.15. The number of hydrogen-bond acceptors (Lipinski definition) is 5. The van der Waals surface area contributed by atoms with Crippen molar-refractivity contribution in [3.05, 3.63) is 34.6 Å². The second-order valence-electron chi connectivity index (χ2n) is 7.04. The van der Waals surface area contributed by atoms with E-state index in [1.165, 1.54) is 19.3 Å². The third-order valence-electron chi connectivity index (χ3n) is 5.58. The molecule has 1 saturated carbocycles. The van der Waals surface area contributed by atoms with E-state index < -0.39 is 0 Å². The summed E-state index contributed by atoms with van der Waals surface area (Å²) in [6.45, 7) is 5.49. The second-order valence-corrected chi connectivity index (χ2v) is 7.47. The summed E-state index contributed by atoms with van der Waals surface area (Å²) in [7, 11) is 0. The third-order valence-corrected chi connectivity index (χ3v) is 5.82. The molecule has 2 aromatic rings. The summed E-state index contributed by atoms with van der Waals surface area (Å²) < 4.78 is 7.49. The molecule has 134 valence electrons. The molecule has 1 saturated heterocycles. The fourth-order valence-corrected chi connectivity index (χ4v) is 4.43. The zero-order valence-electron chi connectivity index (χ0n) is 14.6. The van der Waals surface area contributed by atoms with E-state index in [2.05, 4.69) is 27.3 Å². The van der Waals surface area contributed by atoms with Crippen LogP contribution in [0.3, 0.4) is 0 Å². The Bertz CT molecular complexity index is 735. The number of nitrogens with zero attached hydrogens (tertiary/aromatic N) is 5. The van der Waals surface area contributed by atoms with E-state index in [0.717, 1.165) is 56.2 Å². The van der Waals surface area contributed by atoms with Gasteiger partial charge in [0.2, 0.25) is 0 Å². The molecular formula is C18H24ClN5O. The fraction of sp³-hybridized carbons (Fsp3) is 0.611. The standard InChI is InChI=1S/C18H24ClN5O/c1-14-5-6-15(19)13-16(14)24-17(20-21-22-24)18(7-3-2-4-8-18)23-9-11-25-12-10-23/h5-6,13H,2-4,7-12H2,1H3. The lowest BCUT2D eigenvalue weighted by atomic mass is 9.79. The normalized spacial score (nSPS) is 21.4. The minimum Gasteiger partial charge on any atom is -0.379 e. The van der Waals surface area contributed by atoms with Gasteiger partial charge in [0, 0.05) is 18.1 Å². The zero-order valence-corrected chi connectivity index (χ0v) is 15.4. The molecule has 1 aliphatic carbocycles. The molecule has 0 radical (unpaired) electrons. The van der Waals surface area contributed by atoms with Gasteiger partial charge in [0.1, 0.15) is 0 Å². The van der Waals surface area contributed by atoms with Crippen LogP contribution in [0.25, 0.3) is 5.69 Å². The molecule has 0 unspecified atom stereocenters. The number of morpholine rings is 1. The second kappa shape index (κ2) is 7.02. The minimum atomic E-state index is -0.111. The van der Waals surface area contributed by atoms with Crippen LogP contribution in [0.1, 0.15) is 43.5 Å². The molecule has 0 N–H and O–H groups in total. The number of aryl methyl sites for hydroxylation is 1. The fourth-order valence-electron chi connectivity index (χ4n) is 4.26. The van der Waals surface area contributed by atoms with Crippen LogP contribution in [0.15, 0.2) is 18.2 Å². The van der Waals surface area contributed by atoms with Gasteiger partial charge in [-0.15, -0.1) is 5.10 Å². The van der Waals surface area contributed by atoms with Gasteiger partial charge in [0.15, 0.2) is 5.82 Å². The molecule has 4 rings (SSSR count). The molecule has 0 spiro atoms. The van der Waals surface area contributed by atoms with Crippen LogP contribution in [-0.2, 0) is 10.3 Å². The van der Waals surface area contributed by atoms with Gasteiger partial charge in [-0.05, 0) is 47.9 Å². The maximum atomic E-state index is 6.25. The van der Waals surface area contributed by atoms with Crippen LogP contribution in [0.2, 0.25) is 5.02 Å². The number of benzene rings is 1. The molecule has 0 amide bonds. The highest BCUT2D eigenvalue weighted by atomic mass is 35.5. The van der Waals surface area contributed by atoms with Crippen LogP contribution in [-0.4, -0.2) is 51.4 Å². The predicted molar refractivity (Wildman–Crippen MR) is 96.1 cm³/mol. The molecule has 6 nitrogen and oxygen atoms in total. The first kappa shape index (κ1) is 16.9. The van der Waals surface area contributed by atoms with Crippen molar-refractivity contribution in [3.8, 4) is 5.69 Å². The van der Waals surface area contributed by atoms with Gasteiger partial charge in [0.25, 0.3) is 0 Å². The lowest BCUT2D eigenvalue weighted by Crippen LogP contribution is -2.53. The third kappa shape index (κ3) is 3.07. The first-order chi connectivity index (χ1) is 12.2. The van der Waals surface area contributed by atoms with Crippen LogP contribution in [0.4, 0.5) is 0 Å². The van der Waals surface area contributed by atoms with Crippen LogP contribution >= 0.6 is 11.6 Å². The lowest BCUT2D eigenvalue weighted by Gasteiger charge is -2.46. The molecule has 1 aromatic heterocycles. The van der Waals surface area contributed by atoms with Crippen molar-refractivity contribution in [1.29, 1.82) is 0 Å². The molecule has 25 heavy (non-hydrogen) atoms. The van der Waals surface area contributed by atoms with Crippen molar-refractivity contribution in [2.45, 2.75) is 44.6 Å². The molecule has 2 heterocycles. The Balaban J connectivity index is 1.81. The molecule has 0 bridgehead atoms. The Labute approximate surface area is 153 Å². The predicted octanol–water partition coefficient (Wildman–Crippen LogP) is 3.12. The van der Waals surface area contributed by atoms with E-state index in [4.69, 9.17) is 16.3 Å². The van der Waals surface area contributed by atoms with Gasteiger partial charge >= 0.3 is 0 Å². The van der Waals surface area contributed by atoms with Crippen LogP contribution in [0.5, 0.6) is 0 Å². The first-order valence-electron chi connectivity index (χ1n) is 9.09. The van der Waals surface area contributed by atoms with Crippen molar-refractivity contribution in [2.75, 3.05) is 26.3 Å². The van der Waals surface area contributed by atoms with E-state index >= 15 is 0 Å². The molecule has 0 atom stereocenters. The molecule has 1 aliphatic heterocycles. The highest BCUT2D eigenvalue weighted by Gasteiger charge is 2.44. The Hall–Kier alpha value is -1.50. The SMILES string of the molecule is Cc1ccc(Cl)cc1-n1nnnc1C1(N2CCOCC2)CCCCC1. The Morgan fingerprint density at radius 2 is 1.88 bits per heavy atom. The summed E-state index contributed by atoms with van der Waals surface area (Å²) in [5.41, 5.74) is 1.97. The summed E-state index contributed by atoms with van der Waals surface area (Å²) in [6, 6.07) is 5.88. The first-order valence-corrected chi connectivity index (χ1v) is 9.47. The molecule has 2 aliphatic rings. The van der Waals surface area contributed by atoms with Crippen LogP contribution < -0.4 is 0 Å². The molecule has 7 heteroatoms. The maximum Gasteiger partial charge on any atom is 0.176 e. The zero-order chi connectivity index (χ0) is 17.3. The average molecular weight is 362 g/mol. The van der Waals surface area contributed by atoms with Crippen molar-refractivity contribution >= 4 is 11.6 Å². The summed E-state index contributed by atoms with van der Waals surface area (Å²) in [4.78, 5) is 2.54. The number of rotatable bonds is 3. The molecule has 2 fully saturated rings. The van der Waals surface area contributed by atoms with Gasteiger partial charge in [-0.1, -0.05) is 36.9 Å². The number of halogens is 1. The Kier molecular flexibility index (Phi) is 4.75.